The maximum absolute atomic E-state index is 12.1. The zero-order valence-electron chi connectivity index (χ0n) is 14.0. The molecule has 0 fully saturated rings. The van der Waals surface area contributed by atoms with E-state index in [2.05, 4.69) is 20.8 Å². The highest BCUT2D eigenvalue weighted by atomic mass is 16.4. The van der Waals surface area contributed by atoms with Crippen LogP contribution in [0, 0.1) is 6.92 Å². The second-order valence-corrected chi connectivity index (χ2v) is 5.41. The Kier molecular flexibility index (Phi) is 5.88. The lowest BCUT2D eigenvalue weighted by molar-refractivity contribution is -0.125. The quantitative estimate of drug-likeness (QED) is 0.555. The number of carboxylic acid groups (broad SMARTS) is 1. The molecule has 0 spiro atoms. The lowest BCUT2D eigenvalue weighted by Crippen LogP contribution is -2.39. The zero-order chi connectivity index (χ0) is 18.4. The van der Waals surface area contributed by atoms with Gasteiger partial charge in [0.1, 0.15) is 18.3 Å². The van der Waals surface area contributed by atoms with E-state index in [9.17, 15) is 14.4 Å². The fourth-order valence-corrected chi connectivity index (χ4v) is 2.19. The third-order valence-corrected chi connectivity index (χ3v) is 3.60. The number of aromatic nitrogens is 4. The highest BCUT2D eigenvalue weighted by molar-refractivity contribution is 5.87. The van der Waals surface area contributed by atoms with Crippen molar-refractivity contribution >= 4 is 17.8 Å². The molecule has 2 amide bonds. The number of carbonyl (C=O) groups is 3. The molecule has 1 atom stereocenters. The van der Waals surface area contributed by atoms with Crippen LogP contribution in [0.2, 0.25) is 0 Å². The van der Waals surface area contributed by atoms with E-state index >= 15 is 0 Å². The van der Waals surface area contributed by atoms with Crippen LogP contribution in [0.5, 0.6) is 0 Å². The summed E-state index contributed by atoms with van der Waals surface area (Å²) in [6, 6.07) is 2.35. The van der Waals surface area contributed by atoms with Crippen molar-refractivity contribution in [1.82, 2.24) is 30.2 Å². The number of aromatic carboxylic acids is 1. The number of nitrogens with zero attached hydrogens (tertiary/aromatic N) is 4. The lowest BCUT2D eigenvalue weighted by atomic mass is 10.3. The molecule has 0 aromatic carbocycles. The summed E-state index contributed by atoms with van der Waals surface area (Å²) in [5.74, 6) is -1.75. The van der Waals surface area contributed by atoms with Gasteiger partial charge in [-0.25, -0.2) is 9.48 Å². The molecule has 0 saturated heterocycles. The number of nitrogens with one attached hydrogen (secondary N) is 2. The van der Waals surface area contributed by atoms with E-state index in [4.69, 9.17) is 5.11 Å². The van der Waals surface area contributed by atoms with Crippen LogP contribution in [-0.2, 0) is 16.1 Å². The smallest absolute Gasteiger partial charge is 0.354 e. The average Bonchev–Trinajstić information content (AvgIpc) is 3.20. The van der Waals surface area contributed by atoms with E-state index in [1.807, 2.05) is 6.92 Å². The van der Waals surface area contributed by atoms with Gasteiger partial charge in [0.2, 0.25) is 11.8 Å². The highest BCUT2D eigenvalue weighted by Crippen LogP contribution is 2.09. The van der Waals surface area contributed by atoms with E-state index < -0.39 is 12.0 Å². The normalized spacial score (nSPS) is 11.8. The molecular weight excluding hydrogens is 328 g/mol. The van der Waals surface area contributed by atoms with Gasteiger partial charge in [0.15, 0.2) is 0 Å². The first-order valence-electron chi connectivity index (χ1n) is 7.69. The fraction of sp³-hybridized carbons (Fsp3) is 0.400. The fourth-order valence-electron chi connectivity index (χ4n) is 2.19. The van der Waals surface area contributed by atoms with E-state index in [-0.39, 0.29) is 37.1 Å². The summed E-state index contributed by atoms with van der Waals surface area (Å²) < 4.78 is 2.71. The van der Waals surface area contributed by atoms with Crippen LogP contribution in [-0.4, -0.2) is 55.5 Å². The van der Waals surface area contributed by atoms with E-state index in [1.54, 1.807) is 23.9 Å². The van der Waals surface area contributed by atoms with Crippen molar-refractivity contribution in [2.24, 2.45) is 0 Å². The van der Waals surface area contributed by atoms with Gasteiger partial charge in [-0.3, -0.25) is 14.3 Å². The first kappa shape index (κ1) is 18.2. The SMILES string of the molecule is Cc1ccnn1CC(=O)NCCNC(=O)C(C)n1nccc1C(=O)O. The van der Waals surface area contributed by atoms with Crippen molar-refractivity contribution in [2.75, 3.05) is 13.1 Å². The van der Waals surface area contributed by atoms with Crippen molar-refractivity contribution in [3.8, 4) is 0 Å². The van der Waals surface area contributed by atoms with Crippen LogP contribution in [0.1, 0.15) is 29.1 Å². The molecule has 0 aliphatic rings. The number of amides is 2. The van der Waals surface area contributed by atoms with Crippen molar-refractivity contribution < 1.29 is 19.5 Å². The van der Waals surface area contributed by atoms with Gasteiger partial charge in [-0.1, -0.05) is 0 Å². The van der Waals surface area contributed by atoms with Gasteiger partial charge >= 0.3 is 5.97 Å². The van der Waals surface area contributed by atoms with Crippen molar-refractivity contribution in [3.63, 3.8) is 0 Å². The zero-order valence-corrected chi connectivity index (χ0v) is 14.0. The van der Waals surface area contributed by atoms with Crippen LogP contribution in [0.4, 0.5) is 0 Å². The van der Waals surface area contributed by atoms with E-state index in [0.717, 1.165) is 10.4 Å². The third-order valence-electron chi connectivity index (χ3n) is 3.60. The average molecular weight is 348 g/mol. The Balaban J connectivity index is 1.75. The molecule has 2 aromatic rings. The van der Waals surface area contributed by atoms with Crippen molar-refractivity contribution in [1.29, 1.82) is 0 Å². The minimum Gasteiger partial charge on any atom is -0.477 e. The van der Waals surface area contributed by atoms with Crippen LogP contribution in [0.15, 0.2) is 24.5 Å². The predicted molar refractivity (Wildman–Crippen MR) is 86.9 cm³/mol. The molecule has 0 bridgehead atoms. The monoisotopic (exact) mass is 348 g/mol. The van der Waals surface area contributed by atoms with Crippen molar-refractivity contribution in [3.05, 3.63) is 35.9 Å². The summed E-state index contributed by atoms with van der Waals surface area (Å²) in [7, 11) is 0. The van der Waals surface area contributed by atoms with Gasteiger partial charge in [-0.2, -0.15) is 10.2 Å². The van der Waals surface area contributed by atoms with E-state index in [0.29, 0.717) is 0 Å². The Morgan fingerprint density at radius 3 is 2.48 bits per heavy atom. The predicted octanol–water partition coefficient (Wildman–Crippen LogP) is -0.420. The molecule has 0 saturated carbocycles. The number of carbonyl (C=O) groups excluding carboxylic acids is 2. The standard InChI is InChI=1S/C15H20N6O4/c1-10-3-5-18-20(10)9-13(22)16-7-8-17-14(23)11(2)21-12(15(24)25)4-6-19-21/h3-6,11H,7-9H2,1-2H3,(H,16,22)(H,17,23)(H,24,25). The molecule has 2 rings (SSSR count). The van der Waals surface area contributed by atoms with Gasteiger partial charge in [-0.05, 0) is 26.0 Å². The number of carboxylic acids is 1. The summed E-state index contributed by atoms with van der Waals surface area (Å²) in [6.07, 6.45) is 2.94. The molecule has 0 aliphatic carbocycles. The van der Waals surface area contributed by atoms with Crippen LogP contribution < -0.4 is 10.6 Å². The Bertz CT molecular complexity index is 766. The summed E-state index contributed by atoms with van der Waals surface area (Å²) in [6.45, 7) is 3.98. The molecule has 134 valence electrons. The number of hydrogen-bond donors (Lipinski definition) is 3. The minimum absolute atomic E-state index is 0.0643. The number of aryl methyl sites for hydroxylation is 1. The Morgan fingerprint density at radius 2 is 1.84 bits per heavy atom. The van der Waals surface area contributed by atoms with E-state index in [1.165, 1.54) is 12.3 Å². The summed E-state index contributed by atoms with van der Waals surface area (Å²) in [5.41, 5.74) is 0.816. The van der Waals surface area contributed by atoms with Gasteiger partial charge in [0, 0.05) is 31.2 Å². The summed E-state index contributed by atoms with van der Waals surface area (Å²) in [4.78, 5) is 34.9. The van der Waals surface area contributed by atoms with Crippen LogP contribution in [0.25, 0.3) is 0 Å². The largest absolute Gasteiger partial charge is 0.477 e. The minimum atomic E-state index is -1.15. The van der Waals surface area contributed by atoms with Gasteiger partial charge in [0.25, 0.3) is 0 Å². The topological polar surface area (TPSA) is 131 Å². The number of hydrogen-bond acceptors (Lipinski definition) is 5. The van der Waals surface area contributed by atoms with Gasteiger partial charge in [-0.15, -0.1) is 0 Å². The van der Waals surface area contributed by atoms with Gasteiger partial charge < -0.3 is 15.7 Å². The molecule has 1 unspecified atom stereocenters. The molecule has 2 aromatic heterocycles. The molecule has 0 radical (unpaired) electrons. The molecular formula is C15H20N6O4. The second kappa shape index (κ2) is 8.08. The molecule has 0 aliphatic heterocycles. The van der Waals surface area contributed by atoms with Crippen LogP contribution >= 0.6 is 0 Å². The Labute approximate surface area is 143 Å². The van der Waals surface area contributed by atoms with Crippen molar-refractivity contribution in [2.45, 2.75) is 26.4 Å². The molecule has 10 nitrogen and oxygen atoms in total. The molecule has 10 heteroatoms. The first-order valence-corrected chi connectivity index (χ1v) is 7.69. The Hall–Kier alpha value is -3.17. The number of rotatable bonds is 8. The molecule has 25 heavy (non-hydrogen) atoms. The molecule has 2 heterocycles. The molecule has 3 N–H and O–H groups in total. The second-order valence-electron chi connectivity index (χ2n) is 5.41. The van der Waals surface area contributed by atoms with Crippen LogP contribution in [0.3, 0.4) is 0 Å². The third kappa shape index (κ3) is 4.66. The summed E-state index contributed by atoms with van der Waals surface area (Å²) in [5, 5.41) is 22.2. The maximum Gasteiger partial charge on any atom is 0.354 e. The maximum atomic E-state index is 12.1. The first-order chi connectivity index (χ1) is 11.9. The lowest BCUT2D eigenvalue weighted by Gasteiger charge is -2.14. The summed E-state index contributed by atoms with van der Waals surface area (Å²) >= 11 is 0. The Morgan fingerprint density at radius 1 is 1.16 bits per heavy atom. The highest BCUT2D eigenvalue weighted by Gasteiger charge is 2.20. The van der Waals surface area contributed by atoms with Gasteiger partial charge in [0.05, 0.1) is 0 Å².